The van der Waals surface area contributed by atoms with E-state index in [0.29, 0.717) is 6.54 Å². The van der Waals surface area contributed by atoms with Crippen molar-refractivity contribution in [2.24, 2.45) is 0 Å². The van der Waals surface area contributed by atoms with Gasteiger partial charge in [0.15, 0.2) is 5.78 Å². The summed E-state index contributed by atoms with van der Waals surface area (Å²) in [6.45, 7) is 8.72. The van der Waals surface area contributed by atoms with E-state index in [1.54, 1.807) is 11.3 Å². The Morgan fingerprint density at radius 2 is 1.93 bits per heavy atom. The second kappa shape index (κ2) is 6.03. The van der Waals surface area contributed by atoms with Crippen LogP contribution in [0, 0.1) is 0 Å². The molecule has 0 bridgehead atoms. The summed E-state index contributed by atoms with van der Waals surface area (Å²) in [6.07, 6.45) is 1.02. The van der Waals surface area contributed by atoms with Crippen LogP contribution in [-0.2, 0) is 6.42 Å². The molecule has 1 aromatic heterocycles. The highest BCUT2D eigenvalue weighted by molar-refractivity contribution is 7.14. The third-order valence-corrected chi connectivity index (χ3v) is 3.82. The number of hydrogen-bond donors (Lipinski definition) is 0. The first kappa shape index (κ1) is 12.4. The Morgan fingerprint density at radius 1 is 1.27 bits per heavy atom. The number of carbonyl (C=O) groups excluding carboxylic acids is 1. The molecule has 0 spiro atoms. The predicted octanol–water partition coefficient (Wildman–Crippen LogP) is 2.84. The van der Waals surface area contributed by atoms with E-state index in [-0.39, 0.29) is 5.78 Å². The summed E-state index contributed by atoms with van der Waals surface area (Å²) < 4.78 is 0. The molecule has 0 saturated carbocycles. The maximum Gasteiger partial charge on any atom is 0.186 e. The standard InChI is InChI=1S/C12H19NOS/c1-4-10-7-8-12(15-10)11(14)9-13(5-2)6-3/h7-8H,4-6,9H2,1-3H3. The van der Waals surface area contributed by atoms with E-state index in [1.165, 1.54) is 4.88 Å². The minimum Gasteiger partial charge on any atom is -0.296 e. The fourth-order valence-electron chi connectivity index (χ4n) is 1.45. The Kier molecular flexibility index (Phi) is 4.99. The number of ketones is 1. The third kappa shape index (κ3) is 3.43. The molecule has 0 aliphatic rings. The summed E-state index contributed by atoms with van der Waals surface area (Å²) in [5.74, 6) is 0.253. The van der Waals surface area contributed by atoms with Crippen molar-refractivity contribution in [1.82, 2.24) is 4.90 Å². The molecule has 0 amide bonds. The molecule has 0 unspecified atom stereocenters. The topological polar surface area (TPSA) is 20.3 Å². The molecule has 15 heavy (non-hydrogen) atoms. The van der Waals surface area contributed by atoms with Crippen LogP contribution < -0.4 is 0 Å². The average Bonchev–Trinajstić information content (AvgIpc) is 2.74. The molecule has 0 radical (unpaired) electrons. The van der Waals surface area contributed by atoms with Gasteiger partial charge in [-0.25, -0.2) is 0 Å². The van der Waals surface area contributed by atoms with Gasteiger partial charge in [-0.1, -0.05) is 20.8 Å². The molecular weight excluding hydrogens is 206 g/mol. The van der Waals surface area contributed by atoms with E-state index < -0.39 is 0 Å². The first-order valence-electron chi connectivity index (χ1n) is 5.55. The molecule has 2 nitrogen and oxygen atoms in total. The van der Waals surface area contributed by atoms with E-state index in [4.69, 9.17) is 0 Å². The zero-order valence-corrected chi connectivity index (χ0v) is 10.6. The van der Waals surface area contributed by atoms with E-state index in [9.17, 15) is 4.79 Å². The lowest BCUT2D eigenvalue weighted by Gasteiger charge is -2.15. The summed E-state index contributed by atoms with van der Waals surface area (Å²) in [5, 5.41) is 0. The van der Waals surface area contributed by atoms with Gasteiger partial charge < -0.3 is 0 Å². The molecule has 0 aliphatic carbocycles. The summed E-state index contributed by atoms with van der Waals surface area (Å²) in [4.78, 5) is 16.2. The molecule has 1 rings (SSSR count). The van der Waals surface area contributed by atoms with E-state index in [1.807, 2.05) is 6.07 Å². The van der Waals surface area contributed by atoms with Crippen LogP contribution in [0.4, 0.5) is 0 Å². The van der Waals surface area contributed by atoms with Gasteiger partial charge in [0.05, 0.1) is 11.4 Å². The minimum absolute atomic E-state index is 0.253. The molecule has 1 heterocycles. The first-order chi connectivity index (χ1) is 7.21. The lowest BCUT2D eigenvalue weighted by atomic mass is 10.3. The summed E-state index contributed by atoms with van der Waals surface area (Å²) in [7, 11) is 0. The third-order valence-electron chi connectivity index (χ3n) is 2.55. The molecule has 0 fully saturated rings. The van der Waals surface area contributed by atoms with Gasteiger partial charge in [0.25, 0.3) is 0 Å². The minimum atomic E-state index is 0.253. The quantitative estimate of drug-likeness (QED) is 0.694. The fourth-order valence-corrected chi connectivity index (χ4v) is 2.32. The summed E-state index contributed by atoms with van der Waals surface area (Å²) >= 11 is 1.63. The van der Waals surface area contributed by atoms with E-state index in [0.717, 1.165) is 24.4 Å². The number of hydrogen-bond acceptors (Lipinski definition) is 3. The largest absolute Gasteiger partial charge is 0.296 e. The van der Waals surface area contributed by atoms with Crippen molar-refractivity contribution in [3.63, 3.8) is 0 Å². The zero-order chi connectivity index (χ0) is 11.3. The molecule has 84 valence electrons. The molecule has 0 aliphatic heterocycles. The second-order valence-electron chi connectivity index (χ2n) is 3.50. The molecule has 1 aromatic rings. The summed E-state index contributed by atoms with van der Waals surface area (Å²) in [6, 6.07) is 4.01. The van der Waals surface area contributed by atoms with Crippen molar-refractivity contribution in [2.75, 3.05) is 19.6 Å². The molecule has 0 aromatic carbocycles. The highest BCUT2D eigenvalue weighted by Gasteiger charge is 2.11. The summed E-state index contributed by atoms with van der Waals surface area (Å²) in [5.41, 5.74) is 0. The average molecular weight is 225 g/mol. The van der Waals surface area contributed by atoms with Gasteiger partial charge in [0.1, 0.15) is 0 Å². The van der Waals surface area contributed by atoms with Gasteiger partial charge >= 0.3 is 0 Å². The van der Waals surface area contributed by atoms with E-state index in [2.05, 4.69) is 31.7 Å². The molecule has 0 N–H and O–H groups in total. The van der Waals surface area contributed by atoms with Crippen molar-refractivity contribution < 1.29 is 4.79 Å². The monoisotopic (exact) mass is 225 g/mol. The maximum absolute atomic E-state index is 11.9. The Hall–Kier alpha value is -0.670. The molecular formula is C12H19NOS. The SMILES string of the molecule is CCc1ccc(C(=O)CN(CC)CC)s1. The maximum atomic E-state index is 11.9. The zero-order valence-electron chi connectivity index (χ0n) is 9.75. The van der Waals surface area contributed by atoms with Gasteiger partial charge in [-0.3, -0.25) is 9.69 Å². The van der Waals surface area contributed by atoms with Crippen LogP contribution in [0.3, 0.4) is 0 Å². The molecule has 3 heteroatoms. The Labute approximate surface area is 95.9 Å². The number of rotatable bonds is 6. The van der Waals surface area contributed by atoms with Crippen molar-refractivity contribution in [3.05, 3.63) is 21.9 Å². The van der Waals surface area contributed by atoms with Gasteiger partial charge in [0, 0.05) is 4.88 Å². The van der Waals surface area contributed by atoms with Crippen LogP contribution in [0.5, 0.6) is 0 Å². The second-order valence-corrected chi connectivity index (χ2v) is 4.67. The van der Waals surface area contributed by atoms with Crippen molar-refractivity contribution >= 4 is 17.1 Å². The number of likely N-dealkylation sites (N-methyl/N-ethyl adjacent to an activating group) is 1. The first-order valence-corrected chi connectivity index (χ1v) is 6.37. The van der Waals surface area contributed by atoms with Gasteiger partial charge in [-0.15, -0.1) is 11.3 Å². The van der Waals surface area contributed by atoms with Gasteiger partial charge in [0.2, 0.25) is 0 Å². The Balaban J connectivity index is 2.60. The fraction of sp³-hybridized carbons (Fsp3) is 0.583. The normalized spacial score (nSPS) is 10.9. The van der Waals surface area contributed by atoms with Crippen molar-refractivity contribution in [3.8, 4) is 0 Å². The lowest BCUT2D eigenvalue weighted by molar-refractivity contribution is 0.0941. The number of nitrogens with zero attached hydrogens (tertiary/aromatic N) is 1. The Morgan fingerprint density at radius 3 is 2.40 bits per heavy atom. The number of carbonyl (C=O) groups is 1. The number of thiophene rings is 1. The predicted molar refractivity (Wildman–Crippen MR) is 65.8 cm³/mol. The van der Waals surface area contributed by atoms with Crippen LogP contribution in [-0.4, -0.2) is 30.3 Å². The van der Waals surface area contributed by atoms with Crippen LogP contribution in [0.25, 0.3) is 0 Å². The number of Topliss-reactive ketones (excluding diaryl/α,β-unsaturated/α-hetero) is 1. The highest BCUT2D eigenvalue weighted by Crippen LogP contribution is 2.17. The van der Waals surface area contributed by atoms with Crippen molar-refractivity contribution in [2.45, 2.75) is 27.2 Å². The molecule has 0 atom stereocenters. The Bertz CT molecular complexity index is 315. The van der Waals surface area contributed by atoms with Gasteiger partial charge in [-0.2, -0.15) is 0 Å². The van der Waals surface area contributed by atoms with Crippen LogP contribution in [0.1, 0.15) is 35.3 Å². The van der Waals surface area contributed by atoms with E-state index >= 15 is 0 Å². The van der Waals surface area contributed by atoms with Crippen LogP contribution >= 0.6 is 11.3 Å². The van der Waals surface area contributed by atoms with Crippen LogP contribution in [0.15, 0.2) is 12.1 Å². The highest BCUT2D eigenvalue weighted by atomic mass is 32.1. The van der Waals surface area contributed by atoms with Crippen molar-refractivity contribution in [1.29, 1.82) is 0 Å². The number of aryl methyl sites for hydroxylation is 1. The lowest BCUT2D eigenvalue weighted by Crippen LogP contribution is -2.29. The molecule has 0 saturated heterocycles. The van der Waals surface area contributed by atoms with Gasteiger partial charge in [-0.05, 0) is 31.6 Å². The van der Waals surface area contributed by atoms with Crippen LogP contribution in [0.2, 0.25) is 0 Å². The smallest absolute Gasteiger partial charge is 0.186 e.